The summed E-state index contributed by atoms with van der Waals surface area (Å²) in [7, 11) is 3.19. The number of methoxy groups -OCH3 is 2. The molecule has 0 aliphatic heterocycles. The van der Waals surface area contributed by atoms with Crippen LogP contribution in [0.15, 0.2) is 42.9 Å². The number of hydrogen-bond acceptors (Lipinski definition) is 7. The van der Waals surface area contributed by atoms with Crippen molar-refractivity contribution < 1.29 is 19.0 Å². The van der Waals surface area contributed by atoms with Crippen molar-refractivity contribution in [3.05, 3.63) is 48.5 Å². The van der Waals surface area contributed by atoms with Gasteiger partial charge in [0.2, 0.25) is 5.88 Å². The maximum Gasteiger partial charge on any atom is 0.269 e. The predicted octanol–water partition coefficient (Wildman–Crippen LogP) is 3.00. The Bertz CT molecular complexity index is 1020. The lowest BCUT2D eigenvalue weighted by atomic mass is 9.93. The number of aromatic nitrogens is 4. The number of nitrogens with one attached hydrogen (secondary N) is 2. The number of carbonyl (C=O) groups excluding carboxylic acids is 1. The fourth-order valence-electron chi connectivity index (χ4n) is 3.70. The SMILES string of the molecule is COc1ccc(OC)c(-c2cc(C(=O)NC3CCC(Oc4cnccn4)CC3)[nH]n2)c1. The zero-order valence-corrected chi connectivity index (χ0v) is 17.5. The molecule has 1 fully saturated rings. The fourth-order valence-corrected chi connectivity index (χ4v) is 3.70. The molecule has 2 heterocycles. The second-order valence-electron chi connectivity index (χ2n) is 7.34. The average Bonchev–Trinajstić information content (AvgIpc) is 3.31. The Morgan fingerprint density at radius 2 is 1.94 bits per heavy atom. The molecule has 9 nitrogen and oxygen atoms in total. The molecule has 2 aromatic heterocycles. The van der Waals surface area contributed by atoms with Crippen molar-refractivity contribution in [1.82, 2.24) is 25.5 Å². The van der Waals surface area contributed by atoms with E-state index >= 15 is 0 Å². The topological polar surface area (TPSA) is 111 Å². The maximum atomic E-state index is 12.7. The molecule has 1 saturated carbocycles. The van der Waals surface area contributed by atoms with Crippen LogP contribution in [-0.2, 0) is 0 Å². The summed E-state index contributed by atoms with van der Waals surface area (Å²) in [5, 5.41) is 10.2. The summed E-state index contributed by atoms with van der Waals surface area (Å²) in [6.45, 7) is 0. The Morgan fingerprint density at radius 1 is 1.10 bits per heavy atom. The van der Waals surface area contributed by atoms with Crippen LogP contribution >= 0.6 is 0 Å². The predicted molar refractivity (Wildman–Crippen MR) is 113 cm³/mol. The van der Waals surface area contributed by atoms with Gasteiger partial charge in [-0.25, -0.2) is 4.98 Å². The lowest BCUT2D eigenvalue weighted by Gasteiger charge is -2.28. The van der Waals surface area contributed by atoms with E-state index in [0.717, 1.165) is 31.2 Å². The zero-order chi connectivity index (χ0) is 21.6. The van der Waals surface area contributed by atoms with E-state index in [1.165, 1.54) is 0 Å². The van der Waals surface area contributed by atoms with Gasteiger partial charge in [-0.1, -0.05) is 0 Å². The molecule has 1 aromatic carbocycles. The van der Waals surface area contributed by atoms with Crippen LogP contribution in [0.1, 0.15) is 36.2 Å². The van der Waals surface area contributed by atoms with Crippen LogP contribution in [0.5, 0.6) is 17.4 Å². The Hall–Kier alpha value is -3.62. The van der Waals surface area contributed by atoms with Crippen LogP contribution in [0.2, 0.25) is 0 Å². The molecule has 0 spiro atoms. The molecule has 0 bridgehead atoms. The van der Waals surface area contributed by atoms with Crippen LogP contribution in [0, 0.1) is 0 Å². The molecule has 2 N–H and O–H groups in total. The normalized spacial score (nSPS) is 18.3. The number of aromatic amines is 1. The number of rotatable bonds is 7. The number of ether oxygens (including phenoxy) is 3. The largest absolute Gasteiger partial charge is 0.497 e. The van der Waals surface area contributed by atoms with Crippen molar-refractivity contribution in [3.63, 3.8) is 0 Å². The molecule has 0 radical (unpaired) electrons. The summed E-state index contributed by atoms with van der Waals surface area (Å²) in [6.07, 6.45) is 8.28. The van der Waals surface area contributed by atoms with Crippen molar-refractivity contribution in [2.75, 3.05) is 14.2 Å². The molecule has 3 aromatic rings. The number of amides is 1. The summed E-state index contributed by atoms with van der Waals surface area (Å²) in [5.74, 6) is 1.69. The molecular formula is C22H25N5O4. The third-order valence-corrected chi connectivity index (χ3v) is 5.34. The molecule has 4 rings (SSSR count). The third kappa shape index (κ3) is 4.93. The number of benzene rings is 1. The molecule has 1 amide bonds. The van der Waals surface area contributed by atoms with Crippen molar-refractivity contribution >= 4 is 5.91 Å². The summed E-state index contributed by atoms with van der Waals surface area (Å²) in [4.78, 5) is 20.9. The fraction of sp³-hybridized carbons (Fsp3) is 0.364. The molecular weight excluding hydrogens is 398 g/mol. The van der Waals surface area contributed by atoms with E-state index in [4.69, 9.17) is 14.2 Å². The van der Waals surface area contributed by atoms with E-state index in [1.54, 1.807) is 38.9 Å². The second-order valence-corrected chi connectivity index (χ2v) is 7.34. The molecule has 1 aliphatic rings. The van der Waals surface area contributed by atoms with Gasteiger partial charge in [0.25, 0.3) is 5.91 Å². The maximum absolute atomic E-state index is 12.7. The van der Waals surface area contributed by atoms with Gasteiger partial charge in [-0.3, -0.25) is 14.9 Å². The average molecular weight is 423 g/mol. The minimum absolute atomic E-state index is 0.0872. The van der Waals surface area contributed by atoms with Gasteiger partial charge < -0.3 is 19.5 Å². The molecule has 0 atom stereocenters. The van der Waals surface area contributed by atoms with E-state index < -0.39 is 0 Å². The van der Waals surface area contributed by atoms with E-state index in [0.29, 0.717) is 28.8 Å². The lowest BCUT2D eigenvalue weighted by Crippen LogP contribution is -2.39. The van der Waals surface area contributed by atoms with Gasteiger partial charge in [-0.15, -0.1) is 0 Å². The zero-order valence-electron chi connectivity index (χ0n) is 17.5. The second kappa shape index (κ2) is 9.46. The lowest BCUT2D eigenvalue weighted by molar-refractivity contribution is 0.0885. The number of nitrogens with zero attached hydrogens (tertiary/aromatic N) is 3. The highest BCUT2D eigenvalue weighted by Gasteiger charge is 2.25. The number of hydrogen-bond donors (Lipinski definition) is 2. The molecule has 1 aliphatic carbocycles. The molecule has 0 saturated heterocycles. The van der Waals surface area contributed by atoms with E-state index in [-0.39, 0.29) is 18.1 Å². The standard InChI is InChI=1S/C22H25N5O4/c1-29-16-7-8-20(30-2)17(11-16)18-12-19(27-26-18)22(28)25-14-3-5-15(6-4-14)31-21-13-23-9-10-24-21/h7-15H,3-6H2,1-2H3,(H,25,28)(H,26,27). The van der Waals surface area contributed by atoms with E-state index in [2.05, 4.69) is 25.5 Å². The Morgan fingerprint density at radius 3 is 2.65 bits per heavy atom. The molecule has 162 valence electrons. The van der Waals surface area contributed by atoms with Gasteiger partial charge in [-0.05, 0) is 49.9 Å². The van der Waals surface area contributed by atoms with Crippen LogP contribution in [0.25, 0.3) is 11.3 Å². The molecule has 31 heavy (non-hydrogen) atoms. The minimum Gasteiger partial charge on any atom is -0.497 e. The summed E-state index contributed by atoms with van der Waals surface area (Å²) < 4.78 is 16.6. The first-order valence-electron chi connectivity index (χ1n) is 10.2. The van der Waals surface area contributed by atoms with Crippen molar-refractivity contribution in [2.45, 2.75) is 37.8 Å². The minimum atomic E-state index is -0.182. The Labute approximate surface area is 180 Å². The number of carbonyl (C=O) groups is 1. The van der Waals surface area contributed by atoms with Gasteiger partial charge >= 0.3 is 0 Å². The Kier molecular flexibility index (Phi) is 6.30. The van der Waals surface area contributed by atoms with Crippen LogP contribution in [0.4, 0.5) is 0 Å². The van der Waals surface area contributed by atoms with Gasteiger partial charge in [-0.2, -0.15) is 5.10 Å². The van der Waals surface area contributed by atoms with Crippen LogP contribution in [-0.4, -0.2) is 52.4 Å². The number of H-pyrrole nitrogens is 1. The van der Waals surface area contributed by atoms with Crippen LogP contribution < -0.4 is 19.5 Å². The van der Waals surface area contributed by atoms with E-state index in [9.17, 15) is 4.79 Å². The van der Waals surface area contributed by atoms with Crippen LogP contribution in [0.3, 0.4) is 0 Å². The molecule has 0 unspecified atom stereocenters. The van der Waals surface area contributed by atoms with Crippen molar-refractivity contribution in [2.24, 2.45) is 0 Å². The third-order valence-electron chi connectivity index (χ3n) is 5.34. The van der Waals surface area contributed by atoms with Gasteiger partial charge in [0.15, 0.2) is 0 Å². The Balaban J connectivity index is 1.35. The van der Waals surface area contributed by atoms with Gasteiger partial charge in [0, 0.05) is 24.0 Å². The molecule has 9 heteroatoms. The first-order chi connectivity index (χ1) is 15.2. The summed E-state index contributed by atoms with van der Waals surface area (Å²) >= 11 is 0. The monoisotopic (exact) mass is 423 g/mol. The smallest absolute Gasteiger partial charge is 0.269 e. The highest BCUT2D eigenvalue weighted by atomic mass is 16.5. The summed E-state index contributed by atoms with van der Waals surface area (Å²) in [5.41, 5.74) is 1.76. The van der Waals surface area contributed by atoms with Crippen molar-refractivity contribution in [1.29, 1.82) is 0 Å². The highest BCUT2D eigenvalue weighted by Crippen LogP contribution is 2.32. The first-order valence-corrected chi connectivity index (χ1v) is 10.2. The van der Waals surface area contributed by atoms with Crippen molar-refractivity contribution in [3.8, 4) is 28.6 Å². The van der Waals surface area contributed by atoms with E-state index in [1.807, 2.05) is 18.2 Å². The van der Waals surface area contributed by atoms with Gasteiger partial charge in [0.1, 0.15) is 23.3 Å². The van der Waals surface area contributed by atoms with Gasteiger partial charge in [0.05, 0.1) is 26.1 Å². The quantitative estimate of drug-likeness (QED) is 0.601. The highest BCUT2D eigenvalue weighted by molar-refractivity contribution is 5.93. The first kappa shape index (κ1) is 20.6. The summed E-state index contributed by atoms with van der Waals surface area (Å²) in [6, 6.07) is 7.26.